The Hall–Kier alpha value is -2.65. The fourth-order valence-electron chi connectivity index (χ4n) is 2.49. The SMILES string of the molecule is N#CNC(N)=NC1=CCN(CCCCCCOc2ccc(Cl)cc2)C=C1. The third-order valence-corrected chi connectivity index (χ3v) is 4.10. The molecule has 0 fully saturated rings. The lowest BCUT2D eigenvalue weighted by atomic mass is 10.2. The number of aliphatic imine (C=N–C) groups is 1. The Labute approximate surface area is 159 Å². The summed E-state index contributed by atoms with van der Waals surface area (Å²) in [6.07, 6.45) is 12.1. The van der Waals surface area contributed by atoms with Crippen molar-refractivity contribution >= 4 is 17.6 Å². The first-order valence-electron chi connectivity index (χ1n) is 8.67. The number of nitriles is 1. The summed E-state index contributed by atoms with van der Waals surface area (Å²) in [5.41, 5.74) is 6.31. The van der Waals surface area contributed by atoms with Gasteiger partial charge in [0.05, 0.1) is 12.3 Å². The molecular weight excluding hydrogens is 350 g/mol. The van der Waals surface area contributed by atoms with Gasteiger partial charge in [-0.15, -0.1) is 0 Å². The molecule has 0 amide bonds. The maximum absolute atomic E-state index is 8.47. The summed E-state index contributed by atoms with van der Waals surface area (Å²) in [4.78, 5) is 6.34. The summed E-state index contributed by atoms with van der Waals surface area (Å²) < 4.78 is 5.68. The van der Waals surface area contributed by atoms with E-state index < -0.39 is 0 Å². The minimum Gasteiger partial charge on any atom is -0.494 e. The molecule has 1 aromatic carbocycles. The van der Waals surface area contributed by atoms with Gasteiger partial charge in [-0.1, -0.05) is 24.4 Å². The molecule has 0 atom stereocenters. The molecule has 0 spiro atoms. The van der Waals surface area contributed by atoms with E-state index in [2.05, 4.69) is 15.2 Å². The number of ether oxygens (including phenoxy) is 1. The predicted octanol–water partition coefficient (Wildman–Crippen LogP) is 3.38. The number of nitrogens with zero attached hydrogens (tertiary/aromatic N) is 3. The highest BCUT2D eigenvalue weighted by Crippen LogP contribution is 2.16. The number of allylic oxidation sites excluding steroid dienone is 1. The minimum absolute atomic E-state index is 0.109. The van der Waals surface area contributed by atoms with E-state index in [-0.39, 0.29) is 5.96 Å². The van der Waals surface area contributed by atoms with Gasteiger partial charge in [0, 0.05) is 24.3 Å². The van der Waals surface area contributed by atoms with Gasteiger partial charge in [-0.05, 0) is 49.3 Å². The Kier molecular flexibility index (Phi) is 8.37. The van der Waals surface area contributed by atoms with E-state index in [0.717, 1.165) is 55.4 Å². The monoisotopic (exact) mass is 373 g/mol. The highest BCUT2D eigenvalue weighted by atomic mass is 35.5. The molecule has 3 N–H and O–H groups in total. The van der Waals surface area contributed by atoms with Crippen molar-refractivity contribution in [2.45, 2.75) is 25.7 Å². The number of hydrogen-bond donors (Lipinski definition) is 2. The maximum Gasteiger partial charge on any atom is 0.207 e. The number of nitrogens with two attached hydrogens (primary N) is 1. The number of benzene rings is 1. The largest absolute Gasteiger partial charge is 0.494 e. The highest BCUT2D eigenvalue weighted by Gasteiger charge is 2.04. The van der Waals surface area contributed by atoms with Gasteiger partial charge >= 0.3 is 0 Å². The van der Waals surface area contributed by atoms with E-state index >= 15 is 0 Å². The third kappa shape index (κ3) is 7.49. The lowest BCUT2D eigenvalue weighted by Crippen LogP contribution is -2.27. The van der Waals surface area contributed by atoms with Crippen molar-refractivity contribution in [3.63, 3.8) is 0 Å². The van der Waals surface area contributed by atoms with Crippen LogP contribution in [-0.4, -0.2) is 30.6 Å². The summed E-state index contributed by atoms with van der Waals surface area (Å²) in [6.45, 7) is 2.54. The molecule has 26 heavy (non-hydrogen) atoms. The van der Waals surface area contributed by atoms with Crippen LogP contribution in [0.15, 0.2) is 53.3 Å². The predicted molar refractivity (Wildman–Crippen MR) is 105 cm³/mol. The highest BCUT2D eigenvalue weighted by molar-refractivity contribution is 6.30. The van der Waals surface area contributed by atoms with Crippen LogP contribution in [0.25, 0.3) is 0 Å². The maximum atomic E-state index is 8.47. The zero-order valence-corrected chi connectivity index (χ0v) is 15.5. The fraction of sp³-hybridized carbons (Fsp3) is 0.368. The molecule has 0 saturated carbocycles. The van der Waals surface area contributed by atoms with Gasteiger partial charge in [-0.3, -0.25) is 5.32 Å². The van der Waals surface area contributed by atoms with Gasteiger partial charge in [-0.2, -0.15) is 5.26 Å². The smallest absolute Gasteiger partial charge is 0.207 e. The Morgan fingerprint density at radius 3 is 2.73 bits per heavy atom. The van der Waals surface area contributed by atoms with E-state index in [1.807, 2.05) is 42.6 Å². The van der Waals surface area contributed by atoms with E-state index in [9.17, 15) is 0 Å². The molecule has 138 valence electrons. The number of guanidine groups is 1. The zero-order chi connectivity index (χ0) is 18.6. The second-order valence-corrected chi connectivity index (χ2v) is 6.33. The van der Waals surface area contributed by atoms with Crippen LogP contribution in [0, 0.1) is 11.5 Å². The Morgan fingerprint density at radius 2 is 2.04 bits per heavy atom. The molecule has 0 unspecified atom stereocenters. The molecule has 0 aliphatic carbocycles. The van der Waals surface area contributed by atoms with E-state index in [0.29, 0.717) is 0 Å². The van der Waals surface area contributed by atoms with Crippen molar-refractivity contribution in [2.24, 2.45) is 10.7 Å². The summed E-state index contributed by atoms with van der Waals surface area (Å²) in [7, 11) is 0. The van der Waals surface area contributed by atoms with E-state index in [1.165, 1.54) is 6.42 Å². The summed E-state index contributed by atoms with van der Waals surface area (Å²) in [6, 6.07) is 7.45. The number of rotatable bonds is 9. The average molecular weight is 374 g/mol. The second kappa shape index (κ2) is 11.1. The summed E-state index contributed by atoms with van der Waals surface area (Å²) in [5.74, 6) is 0.974. The van der Waals surface area contributed by atoms with Crippen LogP contribution in [0.2, 0.25) is 5.02 Å². The number of nitrogens with one attached hydrogen (secondary N) is 1. The van der Waals surface area contributed by atoms with Gasteiger partial charge in [0.25, 0.3) is 0 Å². The van der Waals surface area contributed by atoms with Crippen molar-refractivity contribution in [1.82, 2.24) is 10.2 Å². The van der Waals surface area contributed by atoms with Crippen molar-refractivity contribution in [3.8, 4) is 11.9 Å². The molecule has 0 bridgehead atoms. The van der Waals surface area contributed by atoms with Gasteiger partial charge in [-0.25, -0.2) is 4.99 Å². The number of hydrogen-bond acceptors (Lipinski definition) is 4. The minimum atomic E-state index is 0.109. The molecule has 0 saturated heterocycles. The summed E-state index contributed by atoms with van der Waals surface area (Å²) in [5, 5.41) is 11.5. The first-order chi connectivity index (χ1) is 12.7. The average Bonchev–Trinajstić information content (AvgIpc) is 2.64. The van der Waals surface area contributed by atoms with Gasteiger partial charge in [0.2, 0.25) is 5.96 Å². The molecule has 1 aliphatic rings. The van der Waals surface area contributed by atoms with Crippen molar-refractivity contribution < 1.29 is 4.74 Å². The number of unbranched alkanes of at least 4 members (excludes halogenated alkanes) is 3. The molecular formula is C19H24ClN5O. The quantitative estimate of drug-likeness (QED) is 0.228. The van der Waals surface area contributed by atoms with Gasteiger partial charge < -0.3 is 15.4 Å². The normalized spacial score (nSPS) is 13.9. The first-order valence-corrected chi connectivity index (χ1v) is 9.05. The fourth-order valence-corrected chi connectivity index (χ4v) is 2.61. The van der Waals surface area contributed by atoms with E-state index in [4.69, 9.17) is 27.3 Å². The topological polar surface area (TPSA) is 86.7 Å². The molecule has 1 heterocycles. The third-order valence-electron chi connectivity index (χ3n) is 3.85. The second-order valence-electron chi connectivity index (χ2n) is 5.89. The Morgan fingerprint density at radius 1 is 1.27 bits per heavy atom. The molecule has 1 aliphatic heterocycles. The van der Waals surface area contributed by atoms with Crippen molar-refractivity contribution in [2.75, 3.05) is 19.7 Å². The van der Waals surface area contributed by atoms with Crippen LogP contribution in [-0.2, 0) is 0 Å². The van der Waals surface area contributed by atoms with Crippen molar-refractivity contribution in [3.05, 3.63) is 53.3 Å². The first kappa shape index (κ1) is 19.7. The molecule has 7 heteroatoms. The van der Waals surface area contributed by atoms with Crippen LogP contribution >= 0.6 is 11.6 Å². The van der Waals surface area contributed by atoms with Crippen LogP contribution in [0.5, 0.6) is 5.75 Å². The molecule has 1 aromatic rings. The zero-order valence-electron chi connectivity index (χ0n) is 14.7. The standard InChI is InChI=1S/C19H24ClN5O/c20-16-5-7-18(8-6-16)26-14-4-2-1-3-11-25-12-9-17(10-13-25)24-19(22)23-15-21/h5-10,12H,1-4,11,13-14H2,(H3,22,23,24). The lowest BCUT2D eigenvalue weighted by Gasteiger charge is -2.21. The van der Waals surface area contributed by atoms with Gasteiger partial charge in [0.1, 0.15) is 5.75 Å². The van der Waals surface area contributed by atoms with Crippen LogP contribution < -0.4 is 15.8 Å². The van der Waals surface area contributed by atoms with Gasteiger partial charge in [0.15, 0.2) is 6.19 Å². The summed E-state index contributed by atoms with van der Waals surface area (Å²) >= 11 is 5.84. The van der Waals surface area contributed by atoms with Crippen LogP contribution in [0.1, 0.15) is 25.7 Å². The lowest BCUT2D eigenvalue weighted by molar-refractivity contribution is 0.302. The molecule has 0 radical (unpaired) electrons. The van der Waals surface area contributed by atoms with Crippen molar-refractivity contribution in [1.29, 1.82) is 5.26 Å². The molecule has 2 rings (SSSR count). The number of halogens is 1. The van der Waals surface area contributed by atoms with Crippen LogP contribution in [0.4, 0.5) is 0 Å². The van der Waals surface area contributed by atoms with E-state index in [1.54, 1.807) is 6.19 Å². The Bertz CT molecular complexity index is 691. The molecule has 0 aromatic heterocycles. The molecule has 6 nitrogen and oxygen atoms in total. The Balaban J connectivity index is 1.52. The van der Waals surface area contributed by atoms with Crippen LogP contribution in [0.3, 0.4) is 0 Å².